The minimum Gasteiger partial charge on any atom is -0.496 e. The highest BCUT2D eigenvalue weighted by Crippen LogP contribution is 2.23. The third-order valence-corrected chi connectivity index (χ3v) is 3.62. The molecule has 21 heavy (non-hydrogen) atoms. The van der Waals surface area contributed by atoms with Gasteiger partial charge in [0.2, 0.25) is 0 Å². The lowest BCUT2D eigenvalue weighted by Crippen LogP contribution is -2.46. The van der Waals surface area contributed by atoms with E-state index in [2.05, 4.69) is 4.90 Å². The first kappa shape index (κ1) is 15.9. The molecule has 0 unspecified atom stereocenters. The Kier molecular flexibility index (Phi) is 5.31. The van der Waals surface area contributed by atoms with Crippen LogP contribution in [0.5, 0.6) is 5.75 Å². The number of ketones is 1. The summed E-state index contributed by atoms with van der Waals surface area (Å²) in [6.45, 7) is 6.24. The van der Waals surface area contributed by atoms with Gasteiger partial charge in [0.15, 0.2) is 5.78 Å². The summed E-state index contributed by atoms with van der Waals surface area (Å²) in [5, 5.41) is 0. The summed E-state index contributed by atoms with van der Waals surface area (Å²) in [6, 6.07) is 4.43. The monoisotopic (exact) mass is 295 g/mol. The normalized spacial score (nSPS) is 23.0. The van der Waals surface area contributed by atoms with Gasteiger partial charge in [-0.2, -0.15) is 0 Å². The molecule has 2 rings (SSSR count). The minimum absolute atomic E-state index is 0.0503. The number of hydrogen-bond acceptors (Lipinski definition) is 4. The van der Waals surface area contributed by atoms with Gasteiger partial charge in [-0.3, -0.25) is 9.69 Å². The Bertz CT molecular complexity index is 496. The smallest absolute Gasteiger partial charge is 0.170 e. The summed E-state index contributed by atoms with van der Waals surface area (Å²) in [5.41, 5.74) is 0.0503. The van der Waals surface area contributed by atoms with Crippen LogP contribution in [0.25, 0.3) is 0 Å². The first-order valence-electron chi connectivity index (χ1n) is 7.24. The van der Waals surface area contributed by atoms with Crippen molar-refractivity contribution in [2.45, 2.75) is 32.5 Å². The quantitative estimate of drug-likeness (QED) is 0.783. The molecule has 0 spiro atoms. The topological polar surface area (TPSA) is 38.8 Å². The van der Waals surface area contributed by atoms with Crippen molar-refractivity contribution in [3.8, 4) is 5.75 Å². The van der Waals surface area contributed by atoms with Gasteiger partial charge in [0.1, 0.15) is 11.6 Å². The summed E-state index contributed by atoms with van der Waals surface area (Å²) >= 11 is 0. The van der Waals surface area contributed by atoms with E-state index in [4.69, 9.17) is 9.47 Å². The van der Waals surface area contributed by atoms with Crippen LogP contribution in [0.2, 0.25) is 0 Å². The summed E-state index contributed by atoms with van der Waals surface area (Å²) in [6.07, 6.45) is 0.593. The average Bonchev–Trinajstić information content (AvgIpc) is 2.43. The van der Waals surface area contributed by atoms with Crippen molar-refractivity contribution < 1.29 is 18.7 Å². The highest BCUT2D eigenvalue weighted by atomic mass is 19.1. The Labute approximate surface area is 124 Å². The van der Waals surface area contributed by atoms with Crippen LogP contribution in [0.4, 0.5) is 4.39 Å². The molecule has 1 fully saturated rings. The fourth-order valence-corrected chi connectivity index (χ4v) is 2.80. The molecule has 0 radical (unpaired) electrons. The number of methoxy groups -OCH3 is 1. The zero-order valence-electron chi connectivity index (χ0n) is 12.8. The van der Waals surface area contributed by atoms with Crippen LogP contribution in [0.15, 0.2) is 18.2 Å². The number of carbonyl (C=O) groups excluding carboxylic acids is 1. The second kappa shape index (κ2) is 7.00. The highest BCUT2D eigenvalue weighted by Gasteiger charge is 2.24. The molecule has 1 aromatic rings. The van der Waals surface area contributed by atoms with Crippen molar-refractivity contribution >= 4 is 5.78 Å². The minimum atomic E-state index is -0.525. The molecule has 0 N–H and O–H groups in total. The molecule has 1 saturated heterocycles. The second-order valence-electron chi connectivity index (χ2n) is 5.51. The van der Waals surface area contributed by atoms with E-state index in [0.29, 0.717) is 12.3 Å². The molecule has 0 aromatic heterocycles. The van der Waals surface area contributed by atoms with Gasteiger partial charge in [-0.15, -0.1) is 0 Å². The molecule has 116 valence electrons. The van der Waals surface area contributed by atoms with Crippen molar-refractivity contribution in [2.24, 2.45) is 0 Å². The summed E-state index contributed by atoms with van der Waals surface area (Å²) in [4.78, 5) is 14.5. The lowest BCUT2D eigenvalue weighted by atomic mass is 10.1. The van der Waals surface area contributed by atoms with Crippen LogP contribution in [0.3, 0.4) is 0 Å². The molecule has 0 amide bonds. The number of morpholine rings is 1. The largest absolute Gasteiger partial charge is 0.496 e. The van der Waals surface area contributed by atoms with Crippen LogP contribution < -0.4 is 4.74 Å². The molecular weight excluding hydrogens is 273 g/mol. The van der Waals surface area contributed by atoms with E-state index >= 15 is 0 Å². The lowest BCUT2D eigenvalue weighted by molar-refractivity contribution is -0.0675. The van der Waals surface area contributed by atoms with Crippen LogP contribution in [-0.2, 0) is 4.74 Å². The molecule has 1 heterocycles. The van der Waals surface area contributed by atoms with Gasteiger partial charge in [0, 0.05) is 26.1 Å². The second-order valence-corrected chi connectivity index (χ2v) is 5.51. The number of rotatable bonds is 5. The van der Waals surface area contributed by atoms with E-state index < -0.39 is 5.82 Å². The number of benzene rings is 1. The van der Waals surface area contributed by atoms with E-state index in [1.165, 1.54) is 19.2 Å². The molecule has 1 aliphatic rings. The standard InChI is InChI=1S/C16H22FNO3/c1-11-9-18(10-12(2)21-11)8-7-14(19)16-13(17)5-4-6-15(16)20-3/h4-6,11-12H,7-10H2,1-3H3/t11-,12+. The van der Waals surface area contributed by atoms with Crippen LogP contribution in [0.1, 0.15) is 30.6 Å². The molecule has 0 bridgehead atoms. The van der Waals surface area contributed by atoms with E-state index in [1.54, 1.807) is 6.07 Å². The molecule has 0 saturated carbocycles. The van der Waals surface area contributed by atoms with Crippen LogP contribution in [0, 0.1) is 5.82 Å². The van der Waals surface area contributed by atoms with Gasteiger partial charge in [0.25, 0.3) is 0 Å². The zero-order valence-corrected chi connectivity index (χ0v) is 12.8. The maximum Gasteiger partial charge on any atom is 0.170 e. The first-order valence-corrected chi connectivity index (χ1v) is 7.24. The average molecular weight is 295 g/mol. The number of ether oxygens (including phenoxy) is 2. The van der Waals surface area contributed by atoms with Crippen molar-refractivity contribution in [1.82, 2.24) is 4.90 Å². The van der Waals surface area contributed by atoms with Crippen molar-refractivity contribution in [1.29, 1.82) is 0 Å². The SMILES string of the molecule is COc1cccc(F)c1C(=O)CCN1C[C@@H](C)O[C@@H](C)C1. The zero-order chi connectivity index (χ0) is 15.4. The highest BCUT2D eigenvalue weighted by molar-refractivity contribution is 5.99. The maximum absolute atomic E-state index is 13.8. The molecule has 1 aliphatic heterocycles. The van der Waals surface area contributed by atoms with Crippen LogP contribution in [-0.4, -0.2) is 49.6 Å². The Morgan fingerprint density at radius 2 is 2.05 bits per heavy atom. The number of nitrogens with zero attached hydrogens (tertiary/aromatic N) is 1. The predicted octanol–water partition coefficient (Wildman–Crippen LogP) is 2.52. The number of Topliss-reactive ketones (excluding diaryl/α,β-unsaturated/α-hetero) is 1. The van der Waals surface area contributed by atoms with Gasteiger partial charge < -0.3 is 9.47 Å². The van der Waals surface area contributed by atoms with Crippen molar-refractivity contribution in [3.05, 3.63) is 29.6 Å². The Morgan fingerprint density at radius 3 is 2.67 bits per heavy atom. The molecule has 4 nitrogen and oxygen atoms in total. The molecule has 0 aliphatic carbocycles. The van der Waals surface area contributed by atoms with E-state index in [0.717, 1.165) is 13.1 Å². The van der Waals surface area contributed by atoms with Crippen molar-refractivity contribution in [3.63, 3.8) is 0 Å². The van der Waals surface area contributed by atoms with Gasteiger partial charge in [-0.25, -0.2) is 4.39 Å². The van der Waals surface area contributed by atoms with Gasteiger partial charge >= 0.3 is 0 Å². The van der Waals surface area contributed by atoms with Gasteiger partial charge in [-0.05, 0) is 26.0 Å². The number of hydrogen-bond donors (Lipinski definition) is 0. The van der Waals surface area contributed by atoms with E-state index in [9.17, 15) is 9.18 Å². The third-order valence-electron chi connectivity index (χ3n) is 3.62. The van der Waals surface area contributed by atoms with Gasteiger partial charge in [-0.1, -0.05) is 6.07 Å². The predicted molar refractivity (Wildman–Crippen MR) is 78.3 cm³/mol. The fourth-order valence-electron chi connectivity index (χ4n) is 2.80. The summed E-state index contributed by atoms with van der Waals surface area (Å²) in [5.74, 6) is -0.455. The Morgan fingerprint density at radius 1 is 1.38 bits per heavy atom. The number of carbonyl (C=O) groups is 1. The molecule has 1 aromatic carbocycles. The summed E-state index contributed by atoms with van der Waals surface area (Å²) < 4.78 is 24.6. The maximum atomic E-state index is 13.8. The first-order chi connectivity index (χ1) is 10.0. The molecule has 2 atom stereocenters. The lowest BCUT2D eigenvalue weighted by Gasteiger charge is -2.35. The molecule has 5 heteroatoms. The van der Waals surface area contributed by atoms with Crippen molar-refractivity contribution in [2.75, 3.05) is 26.7 Å². The van der Waals surface area contributed by atoms with E-state index in [1.807, 2.05) is 13.8 Å². The summed E-state index contributed by atoms with van der Waals surface area (Å²) in [7, 11) is 1.44. The fraction of sp³-hybridized carbons (Fsp3) is 0.562. The molecular formula is C16H22FNO3. The number of halogens is 1. The Hall–Kier alpha value is -1.46. The van der Waals surface area contributed by atoms with E-state index in [-0.39, 0.29) is 30.0 Å². The third kappa shape index (κ3) is 4.02. The van der Waals surface area contributed by atoms with Crippen LogP contribution >= 0.6 is 0 Å². The van der Waals surface area contributed by atoms with Gasteiger partial charge in [0.05, 0.1) is 24.9 Å². The Balaban J connectivity index is 1.99.